The molecule has 0 radical (unpaired) electrons. The van der Waals surface area contributed by atoms with Crippen LogP contribution >= 0.6 is 0 Å². The molecule has 1 aromatic rings. The minimum atomic E-state index is -4.56. The van der Waals surface area contributed by atoms with Crippen LogP contribution in [0.5, 0.6) is 0 Å². The fourth-order valence-electron chi connectivity index (χ4n) is 1.32. The first-order valence-corrected chi connectivity index (χ1v) is 7.25. The number of hydrogen-bond acceptors (Lipinski definition) is 3. The number of pyridine rings is 1. The SMILES string of the molecule is CC(c1ccc(C(F)(F)F)nc1)[SH](C)(O)=[N+]([O-])N=O. The van der Waals surface area contributed by atoms with Gasteiger partial charge in [0.2, 0.25) is 0 Å². The minimum absolute atomic E-state index is 0.218. The Hall–Kier alpha value is -1.39. The van der Waals surface area contributed by atoms with Crippen molar-refractivity contribution in [3.05, 3.63) is 39.7 Å². The molecule has 108 valence electrons. The van der Waals surface area contributed by atoms with Gasteiger partial charge in [-0.3, -0.25) is 4.98 Å². The van der Waals surface area contributed by atoms with Gasteiger partial charge in [0.15, 0.2) is 0 Å². The van der Waals surface area contributed by atoms with E-state index in [0.717, 1.165) is 24.6 Å². The fourth-order valence-corrected chi connectivity index (χ4v) is 2.49. The molecule has 1 unspecified atom stereocenters. The third-order valence-electron chi connectivity index (χ3n) is 2.71. The van der Waals surface area contributed by atoms with Crippen LogP contribution < -0.4 is 0 Å². The zero-order valence-corrected chi connectivity index (χ0v) is 10.9. The third-order valence-corrected chi connectivity index (χ3v) is 5.24. The van der Waals surface area contributed by atoms with Crippen LogP contribution in [0, 0.1) is 10.1 Å². The molecule has 0 fully saturated rings. The third kappa shape index (κ3) is 3.33. The summed E-state index contributed by atoms with van der Waals surface area (Å²) in [5.41, 5.74) is -0.857. The molecule has 0 aliphatic heterocycles. The fraction of sp³-hybridized carbons (Fsp3) is 0.444. The Morgan fingerprint density at radius 3 is 2.47 bits per heavy atom. The van der Waals surface area contributed by atoms with Crippen LogP contribution in [-0.4, -0.2) is 20.0 Å². The molecular weight excluding hydrogens is 287 g/mol. The highest BCUT2D eigenvalue weighted by atomic mass is 32.3. The summed E-state index contributed by atoms with van der Waals surface area (Å²) in [7, 11) is -3.42. The largest absolute Gasteiger partial charge is 0.512 e. The van der Waals surface area contributed by atoms with Crippen molar-refractivity contribution >= 4 is 10.1 Å². The lowest BCUT2D eigenvalue weighted by Crippen LogP contribution is -2.24. The number of nitrogens with zero attached hydrogens (tertiary/aromatic N) is 3. The van der Waals surface area contributed by atoms with Crippen LogP contribution in [-0.2, 0) is 16.3 Å². The van der Waals surface area contributed by atoms with E-state index in [1.807, 2.05) is 0 Å². The Kier molecular flexibility index (Phi) is 4.38. The van der Waals surface area contributed by atoms with Gasteiger partial charge in [-0.15, -0.1) is 0 Å². The van der Waals surface area contributed by atoms with E-state index >= 15 is 0 Å². The zero-order valence-electron chi connectivity index (χ0n) is 10.00. The van der Waals surface area contributed by atoms with Crippen molar-refractivity contribution in [1.82, 2.24) is 4.98 Å². The highest BCUT2D eigenvalue weighted by molar-refractivity contribution is 7.97. The average molecular weight is 299 g/mol. The second-order valence-corrected chi connectivity index (χ2v) is 7.04. The molecule has 0 spiro atoms. The molecule has 0 aliphatic carbocycles. The monoisotopic (exact) mass is 299 g/mol. The van der Waals surface area contributed by atoms with E-state index in [-0.39, 0.29) is 9.78 Å². The van der Waals surface area contributed by atoms with Gasteiger partial charge in [0.25, 0.3) is 5.29 Å². The van der Waals surface area contributed by atoms with Crippen molar-refractivity contribution in [3.63, 3.8) is 0 Å². The highest BCUT2D eigenvalue weighted by Crippen LogP contribution is 2.30. The van der Waals surface area contributed by atoms with E-state index in [2.05, 4.69) is 10.3 Å². The first kappa shape index (κ1) is 15.7. The summed E-state index contributed by atoms with van der Waals surface area (Å²) in [5.74, 6) is 0. The molecule has 0 saturated carbocycles. The molecule has 1 atom stereocenters. The van der Waals surface area contributed by atoms with Gasteiger partial charge in [-0.25, -0.2) is 0 Å². The van der Waals surface area contributed by atoms with Gasteiger partial charge in [0, 0.05) is 22.6 Å². The number of alkyl halides is 3. The van der Waals surface area contributed by atoms with Crippen molar-refractivity contribution in [1.29, 1.82) is 0 Å². The van der Waals surface area contributed by atoms with Gasteiger partial charge in [0.05, 0.1) is 5.25 Å². The Morgan fingerprint density at radius 1 is 1.53 bits per heavy atom. The van der Waals surface area contributed by atoms with E-state index in [1.165, 1.54) is 6.92 Å². The van der Waals surface area contributed by atoms with Gasteiger partial charge in [-0.05, 0) is 22.8 Å². The van der Waals surface area contributed by atoms with Gasteiger partial charge < -0.3 is 9.76 Å². The quantitative estimate of drug-likeness (QED) is 0.388. The average Bonchev–Trinajstić information content (AvgIpc) is 2.35. The van der Waals surface area contributed by atoms with Crippen LogP contribution in [0.15, 0.2) is 23.6 Å². The lowest BCUT2D eigenvalue weighted by molar-refractivity contribution is -0.445. The summed E-state index contributed by atoms with van der Waals surface area (Å²) in [5, 5.41) is 12.4. The normalized spacial score (nSPS) is 14.9. The topological polar surface area (TPSA) is 88.6 Å². The lowest BCUT2D eigenvalue weighted by atomic mass is 10.2. The molecule has 1 rings (SSSR count). The van der Waals surface area contributed by atoms with Crippen molar-refractivity contribution in [2.45, 2.75) is 18.3 Å². The summed E-state index contributed by atoms with van der Waals surface area (Å²) in [6.07, 6.45) is -2.50. The molecule has 1 N–H and O–H groups in total. The number of rotatable bonds is 3. The van der Waals surface area contributed by atoms with Gasteiger partial charge in [-0.1, -0.05) is 11.0 Å². The standard InChI is InChI=1S/C9H12F3N3O3S/c1-6(19(2,18)15(17)14-16)7-3-4-8(13-5-7)9(10,11)12/h3-6,18-19H,1-2H3. The van der Waals surface area contributed by atoms with Crippen LogP contribution in [0.4, 0.5) is 13.2 Å². The van der Waals surface area contributed by atoms with Gasteiger partial charge in [-0.2, -0.15) is 13.2 Å². The van der Waals surface area contributed by atoms with Crippen LogP contribution in [0.2, 0.25) is 0 Å². The van der Waals surface area contributed by atoms with E-state index in [9.17, 15) is 27.8 Å². The maximum atomic E-state index is 12.3. The minimum Gasteiger partial charge on any atom is -0.512 e. The predicted octanol–water partition coefficient (Wildman–Crippen LogP) is 2.53. The molecule has 10 heteroatoms. The summed E-state index contributed by atoms with van der Waals surface area (Å²) >= 11 is 0. The number of halogens is 3. The van der Waals surface area contributed by atoms with Crippen LogP contribution in [0.25, 0.3) is 0 Å². The molecule has 1 aromatic heterocycles. The highest BCUT2D eigenvalue weighted by Gasteiger charge is 2.32. The van der Waals surface area contributed by atoms with E-state index in [0.29, 0.717) is 0 Å². The summed E-state index contributed by atoms with van der Waals surface area (Å²) in [6, 6.07) is 1.85. The maximum absolute atomic E-state index is 12.3. The van der Waals surface area contributed by atoms with Gasteiger partial charge >= 0.3 is 6.18 Å². The van der Waals surface area contributed by atoms with Gasteiger partial charge in [0.1, 0.15) is 5.69 Å². The molecular formula is C9H12F3N3O3S. The lowest BCUT2D eigenvalue weighted by Gasteiger charge is -2.24. The number of thiol groups is 1. The van der Waals surface area contributed by atoms with Crippen LogP contribution in [0.3, 0.4) is 0 Å². The molecule has 0 bridgehead atoms. The first-order valence-electron chi connectivity index (χ1n) is 5.03. The van der Waals surface area contributed by atoms with Crippen molar-refractivity contribution in [2.75, 3.05) is 6.26 Å². The van der Waals surface area contributed by atoms with Crippen molar-refractivity contribution < 1.29 is 21.9 Å². The Balaban J connectivity index is 3.16. The zero-order chi connectivity index (χ0) is 14.8. The van der Waals surface area contributed by atoms with Crippen molar-refractivity contribution in [3.8, 4) is 0 Å². The molecule has 6 nitrogen and oxygen atoms in total. The second kappa shape index (κ2) is 5.31. The number of hydrogen-bond donors (Lipinski definition) is 2. The molecule has 19 heavy (non-hydrogen) atoms. The van der Waals surface area contributed by atoms with Crippen molar-refractivity contribution in [2.24, 2.45) is 5.29 Å². The summed E-state index contributed by atoms with van der Waals surface area (Å²) < 4.78 is 46.5. The molecule has 1 heterocycles. The Morgan fingerprint density at radius 2 is 2.11 bits per heavy atom. The first-order chi connectivity index (χ1) is 8.60. The van der Waals surface area contributed by atoms with Crippen LogP contribution in [0.1, 0.15) is 23.4 Å². The van der Waals surface area contributed by atoms with E-state index in [1.54, 1.807) is 0 Å². The smallest absolute Gasteiger partial charge is 0.433 e. The number of nitroso groups, excluding NO2 is 1. The molecule has 0 aromatic carbocycles. The summed E-state index contributed by atoms with van der Waals surface area (Å²) in [4.78, 5) is 13.4. The molecule has 0 saturated heterocycles. The predicted molar refractivity (Wildman–Crippen MR) is 64.4 cm³/mol. The van der Waals surface area contributed by atoms with E-state index in [4.69, 9.17) is 0 Å². The summed E-state index contributed by atoms with van der Waals surface area (Å²) in [6.45, 7) is 1.41. The molecule has 0 aliphatic rings. The Bertz CT molecular complexity index is 524. The Labute approximate surface area is 107 Å². The second-order valence-electron chi connectivity index (χ2n) is 3.96. The molecule has 0 amide bonds. The maximum Gasteiger partial charge on any atom is 0.433 e. The number of aromatic nitrogens is 1. The van der Waals surface area contributed by atoms with E-state index < -0.39 is 27.2 Å².